The van der Waals surface area contributed by atoms with Crippen LogP contribution in [0, 0.1) is 5.92 Å². The molecule has 1 fully saturated rings. The summed E-state index contributed by atoms with van der Waals surface area (Å²) in [5, 5.41) is 2.51. The van der Waals surface area contributed by atoms with E-state index < -0.39 is 5.91 Å². The van der Waals surface area contributed by atoms with Gasteiger partial charge in [0.05, 0.1) is 13.2 Å². The van der Waals surface area contributed by atoms with Crippen LogP contribution in [0.15, 0.2) is 24.3 Å². The van der Waals surface area contributed by atoms with E-state index in [1.807, 2.05) is 6.92 Å². The molecule has 0 aromatic heterocycles. The van der Waals surface area contributed by atoms with Crippen molar-refractivity contribution in [1.29, 1.82) is 0 Å². The third kappa shape index (κ3) is 6.10. The second-order valence-corrected chi connectivity index (χ2v) is 6.01. The smallest absolute Gasteiger partial charge is 0.257 e. The van der Waals surface area contributed by atoms with Crippen molar-refractivity contribution < 1.29 is 19.1 Å². The van der Waals surface area contributed by atoms with Crippen LogP contribution in [-0.4, -0.2) is 30.9 Å². The normalized spacial score (nSPS) is 14.4. The summed E-state index contributed by atoms with van der Waals surface area (Å²) in [6, 6.07) is 6.65. The average Bonchev–Trinajstić information content (AvgIpc) is 2.65. The predicted molar refractivity (Wildman–Crippen MR) is 92.8 cm³/mol. The van der Waals surface area contributed by atoms with Gasteiger partial charge in [0.1, 0.15) is 5.75 Å². The van der Waals surface area contributed by atoms with Crippen LogP contribution in [0.1, 0.15) is 49.4 Å². The first-order chi connectivity index (χ1) is 12.1. The summed E-state index contributed by atoms with van der Waals surface area (Å²) in [7, 11) is 0. The monoisotopic (exact) mass is 347 g/mol. The Labute approximate surface area is 147 Å². The largest absolute Gasteiger partial charge is 0.494 e. The van der Waals surface area contributed by atoms with E-state index in [0.29, 0.717) is 17.9 Å². The molecule has 1 aliphatic rings. The fourth-order valence-corrected chi connectivity index (χ4v) is 2.77. The maximum Gasteiger partial charge on any atom is 0.257 e. The van der Waals surface area contributed by atoms with Gasteiger partial charge in [-0.15, -0.1) is 0 Å². The average molecular weight is 347 g/mol. The standard InChI is InChI=1S/C18H25N3O4/c1-2-25-15-10-8-14(9-11-15)17(23)19-12-16(22)20-21-18(24)13-6-4-3-5-7-13/h8-11,13H,2-7,12H2,1H3,(H,19,23)(H,20,22)(H,21,24). The Morgan fingerprint density at radius 2 is 1.72 bits per heavy atom. The van der Waals surface area contributed by atoms with Crippen LogP contribution < -0.4 is 20.9 Å². The Balaban J connectivity index is 1.69. The molecule has 0 radical (unpaired) electrons. The Kier molecular flexibility index (Phi) is 7.25. The molecule has 0 heterocycles. The second-order valence-electron chi connectivity index (χ2n) is 6.01. The minimum Gasteiger partial charge on any atom is -0.494 e. The highest BCUT2D eigenvalue weighted by Gasteiger charge is 2.21. The number of ether oxygens (including phenoxy) is 1. The van der Waals surface area contributed by atoms with Crippen molar-refractivity contribution >= 4 is 17.7 Å². The molecule has 0 spiro atoms. The molecule has 25 heavy (non-hydrogen) atoms. The third-order valence-corrected chi connectivity index (χ3v) is 4.14. The van der Waals surface area contributed by atoms with E-state index in [4.69, 9.17) is 4.74 Å². The first-order valence-corrected chi connectivity index (χ1v) is 8.70. The van der Waals surface area contributed by atoms with E-state index in [9.17, 15) is 14.4 Å². The quantitative estimate of drug-likeness (QED) is 0.680. The minimum absolute atomic E-state index is 0.0347. The maximum atomic E-state index is 12.0. The third-order valence-electron chi connectivity index (χ3n) is 4.14. The van der Waals surface area contributed by atoms with E-state index in [0.717, 1.165) is 32.1 Å². The number of amides is 3. The topological polar surface area (TPSA) is 96.5 Å². The van der Waals surface area contributed by atoms with Crippen molar-refractivity contribution in [2.24, 2.45) is 5.92 Å². The van der Waals surface area contributed by atoms with E-state index in [1.165, 1.54) is 0 Å². The molecule has 0 aliphatic heterocycles. The lowest BCUT2D eigenvalue weighted by atomic mass is 9.89. The van der Waals surface area contributed by atoms with Crippen molar-refractivity contribution in [3.05, 3.63) is 29.8 Å². The Bertz CT molecular complexity index is 595. The number of hydrogen-bond acceptors (Lipinski definition) is 4. The van der Waals surface area contributed by atoms with E-state index in [2.05, 4.69) is 16.2 Å². The van der Waals surface area contributed by atoms with Crippen LogP contribution in [0.25, 0.3) is 0 Å². The van der Waals surface area contributed by atoms with Crippen molar-refractivity contribution in [3.8, 4) is 5.75 Å². The number of benzene rings is 1. The van der Waals surface area contributed by atoms with Crippen LogP contribution in [0.2, 0.25) is 0 Å². The van der Waals surface area contributed by atoms with E-state index >= 15 is 0 Å². The van der Waals surface area contributed by atoms with Gasteiger partial charge >= 0.3 is 0 Å². The molecule has 0 atom stereocenters. The highest BCUT2D eigenvalue weighted by atomic mass is 16.5. The molecule has 2 rings (SSSR count). The molecular formula is C18H25N3O4. The van der Waals surface area contributed by atoms with Crippen molar-refractivity contribution in [1.82, 2.24) is 16.2 Å². The summed E-state index contributed by atoms with van der Waals surface area (Å²) < 4.78 is 5.31. The molecule has 0 bridgehead atoms. The van der Waals surface area contributed by atoms with Gasteiger partial charge in [-0.05, 0) is 44.0 Å². The second kappa shape index (κ2) is 9.66. The summed E-state index contributed by atoms with van der Waals surface area (Å²) in [6.45, 7) is 2.22. The number of rotatable bonds is 6. The van der Waals surface area contributed by atoms with Gasteiger partial charge in [0.15, 0.2) is 0 Å². The molecule has 3 N–H and O–H groups in total. The van der Waals surface area contributed by atoms with Crippen molar-refractivity contribution in [3.63, 3.8) is 0 Å². The van der Waals surface area contributed by atoms with Crippen molar-refractivity contribution in [2.75, 3.05) is 13.2 Å². The van der Waals surface area contributed by atoms with Gasteiger partial charge in [-0.25, -0.2) is 0 Å². The van der Waals surface area contributed by atoms with Crippen LogP contribution in [-0.2, 0) is 9.59 Å². The van der Waals surface area contributed by atoms with Crippen LogP contribution in [0.5, 0.6) is 5.75 Å². The van der Waals surface area contributed by atoms with E-state index in [-0.39, 0.29) is 24.3 Å². The summed E-state index contributed by atoms with van der Waals surface area (Å²) in [4.78, 5) is 35.7. The van der Waals surface area contributed by atoms with Gasteiger partial charge in [0, 0.05) is 11.5 Å². The SMILES string of the molecule is CCOc1ccc(C(=O)NCC(=O)NNC(=O)C2CCCCC2)cc1. The Morgan fingerprint density at radius 3 is 2.36 bits per heavy atom. The molecule has 0 saturated heterocycles. The van der Waals surface area contributed by atoms with Gasteiger partial charge in [-0.2, -0.15) is 0 Å². The first kappa shape index (κ1) is 18.8. The molecule has 1 aromatic carbocycles. The minimum atomic E-state index is -0.469. The summed E-state index contributed by atoms with van der Waals surface area (Å²) in [5.41, 5.74) is 5.20. The summed E-state index contributed by atoms with van der Waals surface area (Å²) in [6.07, 6.45) is 4.97. The molecule has 7 nitrogen and oxygen atoms in total. The number of carbonyl (C=O) groups excluding carboxylic acids is 3. The summed E-state index contributed by atoms with van der Waals surface area (Å²) >= 11 is 0. The van der Waals surface area contributed by atoms with E-state index in [1.54, 1.807) is 24.3 Å². The molecular weight excluding hydrogens is 322 g/mol. The van der Waals surface area contributed by atoms with Gasteiger partial charge in [0.2, 0.25) is 5.91 Å². The Hall–Kier alpha value is -2.57. The van der Waals surface area contributed by atoms with Crippen LogP contribution in [0.4, 0.5) is 0 Å². The summed E-state index contributed by atoms with van der Waals surface area (Å²) in [5.74, 6) is -0.346. The lowest BCUT2D eigenvalue weighted by molar-refractivity contribution is -0.131. The van der Waals surface area contributed by atoms with Gasteiger partial charge in [-0.1, -0.05) is 19.3 Å². The molecule has 1 aromatic rings. The van der Waals surface area contributed by atoms with Gasteiger partial charge < -0.3 is 10.1 Å². The number of carbonyl (C=O) groups is 3. The molecule has 7 heteroatoms. The fourth-order valence-electron chi connectivity index (χ4n) is 2.77. The Morgan fingerprint density at radius 1 is 1.04 bits per heavy atom. The highest BCUT2D eigenvalue weighted by Crippen LogP contribution is 2.23. The zero-order valence-corrected chi connectivity index (χ0v) is 14.5. The lowest BCUT2D eigenvalue weighted by Crippen LogP contribution is -2.48. The fraction of sp³-hybridized carbons (Fsp3) is 0.500. The maximum absolute atomic E-state index is 12.0. The molecule has 0 unspecified atom stereocenters. The predicted octanol–water partition coefficient (Wildman–Crippen LogP) is 1.54. The van der Waals surface area contributed by atoms with Crippen LogP contribution in [0.3, 0.4) is 0 Å². The number of hydrazine groups is 1. The number of nitrogens with one attached hydrogen (secondary N) is 3. The zero-order valence-electron chi connectivity index (χ0n) is 14.5. The zero-order chi connectivity index (χ0) is 18.1. The van der Waals surface area contributed by atoms with Gasteiger partial charge in [-0.3, -0.25) is 25.2 Å². The molecule has 1 saturated carbocycles. The first-order valence-electron chi connectivity index (χ1n) is 8.70. The van der Waals surface area contributed by atoms with Crippen molar-refractivity contribution in [2.45, 2.75) is 39.0 Å². The number of hydrogen-bond donors (Lipinski definition) is 3. The lowest BCUT2D eigenvalue weighted by Gasteiger charge is -2.20. The molecule has 1 aliphatic carbocycles. The molecule has 3 amide bonds. The van der Waals surface area contributed by atoms with Gasteiger partial charge in [0.25, 0.3) is 11.8 Å². The highest BCUT2D eigenvalue weighted by molar-refractivity contribution is 5.96. The van der Waals surface area contributed by atoms with Crippen LogP contribution >= 0.6 is 0 Å². The molecule has 136 valence electrons.